The van der Waals surface area contributed by atoms with Crippen LogP contribution in [-0.4, -0.2) is 18.1 Å². The van der Waals surface area contributed by atoms with Gasteiger partial charge in [-0.3, -0.25) is 4.79 Å². The quantitative estimate of drug-likeness (QED) is 0.428. The van der Waals surface area contributed by atoms with Crippen molar-refractivity contribution in [3.8, 4) is 17.6 Å². The number of carbonyl (C=O) groups excluding carboxylic acids is 1. The molecular weight excluding hydrogens is 318 g/mol. The highest BCUT2D eigenvalue weighted by Crippen LogP contribution is 2.20. The number of phenolic OH excluding ortho intramolecular Hbond substituents is 1. The third-order valence-electron chi connectivity index (χ3n) is 3.51. The molecule has 25 heavy (non-hydrogen) atoms. The van der Waals surface area contributed by atoms with Crippen LogP contribution in [0.5, 0.6) is 11.5 Å². The van der Waals surface area contributed by atoms with Gasteiger partial charge in [0.2, 0.25) is 0 Å². The molecule has 6 nitrogen and oxygen atoms in total. The van der Waals surface area contributed by atoms with E-state index in [1.165, 1.54) is 18.3 Å². The molecule has 0 aliphatic rings. The number of nitrogens with one attached hydrogen (secondary N) is 2. The Morgan fingerprint density at radius 3 is 2.80 bits per heavy atom. The van der Waals surface area contributed by atoms with E-state index < -0.39 is 5.91 Å². The molecule has 128 valence electrons. The van der Waals surface area contributed by atoms with Crippen LogP contribution in [0.4, 0.5) is 5.69 Å². The third kappa shape index (κ3) is 5.01. The molecule has 0 spiro atoms. The molecule has 0 radical (unpaired) electrons. The van der Waals surface area contributed by atoms with Crippen LogP contribution in [0.3, 0.4) is 0 Å². The van der Waals surface area contributed by atoms with E-state index in [1.54, 1.807) is 20.1 Å². The van der Waals surface area contributed by atoms with Crippen molar-refractivity contribution in [2.75, 3.05) is 12.4 Å². The second-order valence-corrected chi connectivity index (χ2v) is 5.36. The molecule has 0 fully saturated rings. The monoisotopic (exact) mass is 337 g/mol. The van der Waals surface area contributed by atoms with E-state index in [1.807, 2.05) is 30.3 Å². The molecule has 3 N–H and O–H groups in total. The average Bonchev–Trinajstić information content (AvgIpc) is 2.61. The highest BCUT2D eigenvalue weighted by atomic mass is 16.5. The van der Waals surface area contributed by atoms with Gasteiger partial charge in [-0.15, -0.1) is 0 Å². The van der Waals surface area contributed by atoms with E-state index in [0.29, 0.717) is 17.8 Å². The van der Waals surface area contributed by atoms with Crippen LogP contribution in [0, 0.1) is 18.3 Å². The van der Waals surface area contributed by atoms with Gasteiger partial charge in [-0.1, -0.05) is 12.1 Å². The first-order valence-electron chi connectivity index (χ1n) is 7.61. The van der Waals surface area contributed by atoms with Crippen molar-refractivity contribution in [1.29, 1.82) is 5.26 Å². The zero-order valence-corrected chi connectivity index (χ0v) is 14.0. The van der Waals surface area contributed by atoms with Gasteiger partial charge >= 0.3 is 0 Å². The second-order valence-electron chi connectivity index (χ2n) is 5.36. The van der Waals surface area contributed by atoms with Gasteiger partial charge in [-0.25, -0.2) is 0 Å². The fourth-order valence-electron chi connectivity index (χ4n) is 2.18. The third-order valence-corrected chi connectivity index (χ3v) is 3.51. The Bertz CT molecular complexity index is 838. The zero-order chi connectivity index (χ0) is 18.2. The Morgan fingerprint density at radius 2 is 2.12 bits per heavy atom. The highest BCUT2D eigenvalue weighted by molar-refractivity contribution is 6.06. The summed E-state index contributed by atoms with van der Waals surface area (Å²) >= 11 is 0. The molecule has 2 aromatic carbocycles. The molecule has 0 aliphatic carbocycles. The molecule has 1 amide bonds. The van der Waals surface area contributed by atoms with Crippen molar-refractivity contribution in [2.45, 2.75) is 13.5 Å². The molecule has 2 aromatic rings. The minimum absolute atomic E-state index is 0.0460. The maximum Gasteiger partial charge on any atom is 0.267 e. The number of methoxy groups -OCH3 is 1. The zero-order valence-electron chi connectivity index (χ0n) is 14.0. The minimum Gasteiger partial charge on any atom is -0.508 e. The van der Waals surface area contributed by atoms with Crippen molar-refractivity contribution in [3.63, 3.8) is 0 Å². The summed E-state index contributed by atoms with van der Waals surface area (Å²) in [6.07, 6.45) is 1.38. The van der Waals surface area contributed by atoms with Crippen LogP contribution in [0.25, 0.3) is 0 Å². The Hall–Kier alpha value is -3.46. The number of hydrogen-bond donors (Lipinski definition) is 3. The summed E-state index contributed by atoms with van der Waals surface area (Å²) < 4.78 is 5.15. The van der Waals surface area contributed by atoms with Crippen LogP contribution in [-0.2, 0) is 11.3 Å². The molecule has 0 saturated heterocycles. The van der Waals surface area contributed by atoms with Crippen molar-refractivity contribution in [3.05, 3.63) is 65.4 Å². The molecule has 0 heterocycles. The predicted molar refractivity (Wildman–Crippen MR) is 95.0 cm³/mol. The Labute approximate surface area is 146 Å². The Balaban J connectivity index is 2.01. The van der Waals surface area contributed by atoms with Crippen molar-refractivity contribution >= 4 is 11.6 Å². The van der Waals surface area contributed by atoms with E-state index >= 15 is 0 Å². The van der Waals surface area contributed by atoms with E-state index in [2.05, 4.69) is 10.6 Å². The molecule has 0 saturated carbocycles. The topological polar surface area (TPSA) is 94.4 Å². The predicted octanol–water partition coefficient (Wildman–Crippen LogP) is 2.85. The summed E-state index contributed by atoms with van der Waals surface area (Å²) in [6, 6.07) is 14.0. The maximum absolute atomic E-state index is 12.2. The van der Waals surface area contributed by atoms with Crippen LogP contribution in [0.2, 0.25) is 0 Å². The summed E-state index contributed by atoms with van der Waals surface area (Å²) in [5, 5.41) is 24.2. The van der Waals surface area contributed by atoms with E-state index in [9.17, 15) is 15.2 Å². The summed E-state index contributed by atoms with van der Waals surface area (Å²) in [6.45, 7) is 2.21. The van der Waals surface area contributed by atoms with Gasteiger partial charge in [0.15, 0.2) is 0 Å². The number of benzene rings is 2. The lowest BCUT2D eigenvalue weighted by atomic mass is 10.1. The molecule has 0 unspecified atom stereocenters. The molecule has 0 aromatic heterocycles. The summed E-state index contributed by atoms with van der Waals surface area (Å²) in [7, 11) is 1.59. The Morgan fingerprint density at radius 1 is 1.32 bits per heavy atom. The van der Waals surface area contributed by atoms with Gasteiger partial charge in [-0.2, -0.15) is 5.26 Å². The lowest BCUT2D eigenvalue weighted by molar-refractivity contribution is -0.112. The van der Waals surface area contributed by atoms with Gasteiger partial charge in [0.05, 0.1) is 7.11 Å². The van der Waals surface area contributed by atoms with E-state index in [0.717, 1.165) is 11.3 Å². The number of amides is 1. The number of nitrogens with zero attached hydrogens (tertiary/aromatic N) is 1. The van der Waals surface area contributed by atoms with Gasteiger partial charge in [0.1, 0.15) is 23.1 Å². The Kier molecular flexibility index (Phi) is 6.02. The van der Waals surface area contributed by atoms with Gasteiger partial charge in [0.25, 0.3) is 5.91 Å². The van der Waals surface area contributed by atoms with E-state index in [4.69, 9.17) is 4.74 Å². The minimum atomic E-state index is -0.519. The number of phenols is 1. The smallest absolute Gasteiger partial charge is 0.267 e. The SMILES string of the molecule is COc1cccc(CN/C=C(/C#N)C(=O)Nc2ccc(O)cc2C)c1. The number of hydrogen-bond acceptors (Lipinski definition) is 5. The van der Waals surface area contributed by atoms with Crippen molar-refractivity contribution < 1.29 is 14.6 Å². The van der Waals surface area contributed by atoms with Crippen LogP contribution >= 0.6 is 0 Å². The average molecular weight is 337 g/mol. The molecule has 0 aliphatic heterocycles. The lowest BCUT2D eigenvalue weighted by Gasteiger charge is -2.08. The maximum atomic E-state index is 12.2. The standard InChI is InChI=1S/C19H19N3O3/c1-13-8-16(23)6-7-18(13)22-19(24)15(10-20)12-21-11-14-4-3-5-17(9-14)25-2/h3-9,12,21,23H,11H2,1-2H3,(H,22,24)/b15-12-. The van der Waals surface area contributed by atoms with Crippen molar-refractivity contribution in [1.82, 2.24) is 5.32 Å². The van der Waals surface area contributed by atoms with Crippen LogP contribution < -0.4 is 15.4 Å². The summed E-state index contributed by atoms with van der Waals surface area (Å²) in [5.74, 6) is 0.338. The second kappa shape index (κ2) is 8.41. The van der Waals surface area contributed by atoms with Gasteiger partial charge < -0.3 is 20.5 Å². The summed E-state index contributed by atoms with van der Waals surface area (Å²) in [5.41, 5.74) is 2.16. The fourth-order valence-corrected chi connectivity index (χ4v) is 2.18. The first kappa shape index (κ1) is 17.9. The summed E-state index contributed by atoms with van der Waals surface area (Å²) in [4.78, 5) is 12.2. The van der Waals surface area contributed by atoms with Gasteiger partial charge in [0, 0.05) is 18.4 Å². The number of ether oxygens (including phenoxy) is 1. The van der Waals surface area contributed by atoms with Crippen LogP contribution in [0.1, 0.15) is 11.1 Å². The highest BCUT2D eigenvalue weighted by Gasteiger charge is 2.10. The van der Waals surface area contributed by atoms with E-state index in [-0.39, 0.29) is 11.3 Å². The fraction of sp³-hybridized carbons (Fsp3) is 0.158. The molecule has 6 heteroatoms. The number of aromatic hydroxyl groups is 1. The number of anilines is 1. The number of nitriles is 1. The largest absolute Gasteiger partial charge is 0.508 e. The molecule has 0 atom stereocenters. The van der Waals surface area contributed by atoms with Gasteiger partial charge in [-0.05, 0) is 48.4 Å². The van der Waals surface area contributed by atoms with Crippen molar-refractivity contribution in [2.24, 2.45) is 0 Å². The number of aryl methyl sites for hydroxylation is 1. The molecule has 0 bridgehead atoms. The normalized spacial score (nSPS) is 10.7. The first-order valence-corrected chi connectivity index (χ1v) is 7.61. The molecular formula is C19H19N3O3. The number of carbonyl (C=O) groups is 1. The lowest BCUT2D eigenvalue weighted by Crippen LogP contribution is -2.17. The molecule has 2 rings (SSSR count). The number of rotatable bonds is 6. The van der Waals surface area contributed by atoms with Crippen LogP contribution in [0.15, 0.2) is 54.2 Å². The first-order chi connectivity index (χ1) is 12.0.